The number of aromatic nitrogens is 1. The van der Waals surface area contributed by atoms with Crippen molar-refractivity contribution in [3.8, 4) is 5.75 Å². The molecule has 6 nitrogen and oxygen atoms in total. The maximum atomic E-state index is 12.6. The quantitative estimate of drug-likeness (QED) is 0.297. The largest absolute Gasteiger partial charge is 0.494 e. The second kappa shape index (κ2) is 9.96. The number of para-hydroxylation sites is 1. The number of thioether (sulfide) groups is 1. The summed E-state index contributed by atoms with van der Waals surface area (Å²) in [6, 6.07) is 16.5. The highest BCUT2D eigenvalue weighted by Gasteiger charge is 2.31. The van der Waals surface area contributed by atoms with Crippen LogP contribution in [0.1, 0.15) is 43.7 Å². The maximum absolute atomic E-state index is 12.6. The van der Waals surface area contributed by atoms with Crippen molar-refractivity contribution < 1.29 is 9.53 Å². The van der Waals surface area contributed by atoms with E-state index in [2.05, 4.69) is 53.7 Å². The van der Waals surface area contributed by atoms with Gasteiger partial charge >= 0.3 is 0 Å². The monoisotopic (exact) mass is 484 g/mol. The smallest absolute Gasteiger partial charge is 0.283 e. The predicted molar refractivity (Wildman–Crippen MR) is 144 cm³/mol. The highest BCUT2D eigenvalue weighted by molar-refractivity contribution is 8.16. The average molecular weight is 485 g/mol. The Morgan fingerprint density at radius 1 is 1.17 bits per heavy atom. The van der Waals surface area contributed by atoms with Crippen LogP contribution in [0.15, 0.2) is 76.9 Å². The number of aryl methyl sites for hydroxylation is 1. The van der Waals surface area contributed by atoms with E-state index in [9.17, 15) is 4.79 Å². The topological polar surface area (TPSA) is 70.7 Å². The summed E-state index contributed by atoms with van der Waals surface area (Å²) < 4.78 is 8.17. The SMILES string of the molecule is CC[C@@H](C)c1ccc(OCCCn2cc(/C=C3\C(=N)N4C=CSC4=NC3=O)c3ccccc32)cc1. The summed E-state index contributed by atoms with van der Waals surface area (Å²) in [5.74, 6) is 1.23. The summed E-state index contributed by atoms with van der Waals surface area (Å²) in [4.78, 5) is 18.4. The van der Waals surface area contributed by atoms with Gasteiger partial charge in [0.1, 0.15) is 11.6 Å². The number of fused-ring (bicyclic) bond motifs is 2. The van der Waals surface area contributed by atoms with E-state index >= 15 is 0 Å². The first-order valence-electron chi connectivity index (χ1n) is 11.9. The molecule has 35 heavy (non-hydrogen) atoms. The summed E-state index contributed by atoms with van der Waals surface area (Å²) in [6.07, 6.45) is 7.58. The molecule has 0 fully saturated rings. The van der Waals surface area contributed by atoms with Crippen LogP contribution in [0.2, 0.25) is 0 Å². The summed E-state index contributed by atoms with van der Waals surface area (Å²) >= 11 is 1.35. The van der Waals surface area contributed by atoms with Crippen LogP contribution < -0.4 is 4.74 Å². The van der Waals surface area contributed by atoms with Gasteiger partial charge in [-0.1, -0.05) is 55.9 Å². The molecule has 0 saturated carbocycles. The van der Waals surface area contributed by atoms with E-state index in [1.165, 1.54) is 17.3 Å². The number of benzene rings is 2. The summed E-state index contributed by atoms with van der Waals surface area (Å²) in [5, 5.41) is 11.9. The van der Waals surface area contributed by atoms with Gasteiger partial charge in [0, 0.05) is 35.4 Å². The molecule has 5 rings (SSSR count). The highest BCUT2D eigenvalue weighted by atomic mass is 32.2. The van der Waals surface area contributed by atoms with Crippen LogP contribution in [0.25, 0.3) is 17.0 Å². The molecule has 3 aromatic rings. The minimum absolute atomic E-state index is 0.158. The Morgan fingerprint density at radius 2 is 1.97 bits per heavy atom. The molecule has 1 N–H and O–H groups in total. The number of nitrogens with zero attached hydrogens (tertiary/aromatic N) is 3. The van der Waals surface area contributed by atoms with Gasteiger partial charge in [0.25, 0.3) is 5.91 Å². The molecular formula is C28H28N4O2S. The molecule has 0 aliphatic carbocycles. The lowest BCUT2D eigenvalue weighted by atomic mass is 9.99. The number of nitrogens with one attached hydrogen (secondary N) is 1. The van der Waals surface area contributed by atoms with Crippen LogP contribution in [0.5, 0.6) is 5.75 Å². The number of aliphatic imine (C=N–C) groups is 1. The Bertz CT molecular complexity index is 1370. The molecule has 0 saturated heterocycles. The molecule has 0 radical (unpaired) electrons. The third kappa shape index (κ3) is 4.68. The number of hydrogen-bond acceptors (Lipinski definition) is 4. The number of rotatable bonds is 8. The Kier molecular flexibility index (Phi) is 6.59. The van der Waals surface area contributed by atoms with Crippen molar-refractivity contribution in [2.24, 2.45) is 4.99 Å². The van der Waals surface area contributed by atoms with E-state index in [1.54, 1.807) is 17.2 Å². The van der Waals surface area contributed by atoms with Gasteiger partial charge in [0.05, 0.1) is 12.2 Å². The second-order valence-electron chi connectivity index (χ2n) is 8.75. The molecule has 7 heteroatoms. The van der Waals surface area contributed by atoms with Crippen LogP contribution in [0.3, 0.4) is 0 Å². The zero-order valence-electron chi connectivity index (χ0n) is 19.9. The van der Waals surface area contributed by atoms with E-state index in [0.29, 0.717) is 23.3 Å². The van der Waals surface area contributed by atoms with E-state index in [0.717, 1.165) is 41.6 Å². The first-order chi connectivity index (χ1) is 17.0. The van der Waals surface area contributed by atoms with Crippen LogP contribution in [0, 0.1) is 5.41 Å². The van der Waals surface area contributed by atoms with Crippen LogP contribution >= 0.6 is 11.8 Å². The number of hydrogen-bond donors (Lipinski definition) is 1. The van der Waals surface area contributed by atoms with Crippen molar-refractivity contribution in [2.75, 3.05) is 6.61 Å². The normalized spacial score (nSPS) is 17.3. The van der Waals surface area contributed by atoms with Gasteiger partial charge in [-0.3, -0.25) is 15.1 Å². The van der Waals surface area contributed by atoms with E-state index in [1.807, 2.05) is 29.8 Å². The third-order valence-electron chi connectivity index (χ3n) is 6.51. The first-order valence-corrected chi connectivity index (χ1v) is 12.8. The Hall–Kier alpha value is -3.58. The number of carbonyl (C=O) groups excluding carboxylic acids is 1. The molecule has 2 aromatic carbocycles. The van der Waals surface area contributed by atoms with Crippen LogP contribution in [-0.2, 0) is 11.3 Å². The van der Waals surface area contributed by atoms with Crippen LogP contribution in [-0.4, -0.2) is 33.0 Å². The molecule has 0 spiro atoms. The van der Waals surface area contributed by atoms with Gasteiger partial charge in [-0.15, -0.1) is 0 Å². The molecule has 0 bridgehead atoms. The molecule has 1 amide bonds. The van der Waals surface area contributed by atoms with Gasteiger partial charge in [0.2, 0.25) is 0 Å². The van der Waals surface area contributed by atoms with Crippen molar-refractivity contribution >= 4 is 45.7 Å². The average Bonchev–Trinajstić information content (AvgIpc) is 3.49. The lowest BCUT2D eigenvalue weighted by Gasteiger charge is -2.22. The van der Waals surface area contributed by atoms with Gasteiger partial charge in [0.15, 0.2) is 5.17 Å². The summed E-state index contributed by atoms with van der Waals surface area (Å²) in [7, 11) is 0. The molecular weight excluding hydrogens is 456 g/mol. The molecule has 3 heterocycles. The lowest BCUT2D eigenvalue weighted by Crippen LogP contribution is -2.35. The number of ether oxygens (including phenoxy) is 1. The van der Waals surface area contributed by atoms with Gasteiger partial charge in [-0.25, -0.2) is 0 Å². The van der Waals surface area contributed by atoms with E-state index < -0.39 is 0 Å². The lowest BCUT2D eigenvalue weighted by molar-refractivity contribution is -0.114. The van der Waals surface area contributed by atoms with E-state index in [4.69, 9.17) is 10.1 Å². The molecule has 2 aliphatic rings. The fourth-order valence-corrected chi connectivity index (χ4v) is 5.02. The highest BCUT2D eigenvalue weighted by Crippen LogP contribution is 2.30. The van der Waals surface area contributed by atoms with Gasteiger partial charge in [-0.05, 0) is 54.0 Å². The van der Waals surface area contributed by atoms with Crippen molar-refractivity contribution in [3.05, 3.63) is 83.0 Å². The first kappa shape index (κ1) is 23.2. The zero-order valence-corrected chi connectivity index (χ0v) is 20.7. The van der Waals surface area contributed by atoms with Gasteiger partial charge in [-0.2, -0.15) is 4.99 Å². The fourth-order valence-electron chi connectivity index (χ4n) is 4.32. The summed E-state index contributed by atoms with van der Waals surface area (Å²) in [6.45, 7) is 5.84. The molecule has 1 aromatic heterocycles. The second-order valence-corrected chi connectivity index (χ2v) is 9.63. The minimum Gasteiger partial charge on any atom is -0.494 e. The predicted octanol–water partition coefficient (Wildman–Crippen LogP) is 6.40. The van der Waals surface area contributed by atoms with E-state index in [-0.39, 0.29) is 11.7 Å². The molecule has 178 valence electrons. The molecule has 1 atom stereocenters. The Balaban J connectivity index is 1.30. The van der Waals surface area contributed by atoms with Crippen molar-refractivity contribution in [1.29, 1.82) is 5.41 Å². The number of amidine groups is 2. The number of carbonyl (C=O) groups is 1. The number of amides is 1. The standard InChI is InChI=1S/C28H28N4O2S/c1-3-19(2)20-9-11-22(12-10-20)34-15-6-13-31-18-21(23-7-4-5-8-25(23)31)17-24-26(29)32-14-16-35-28(32)30-27(24)33/h4-5,7-12,14,16-19,29H,3,6,13,15H2,1-2H3/b24-17+,29-26?/t19-/m1/s1. The molecule has 0 unspecified atom stereocenters. The summed E-state index contributed by atoms with van der Waals surface area (Å²) in [5.41, 5.74) is 3.64. The molecule has 2 aliphatic heterocycles. The Labute approximate surface area is 209 Å². The fraction of sp³-hybridized carbons (Fsp3) is 0.250. The minimum atomic E-state index is -0.373. The third-order valence-corrected chi connectivity index (χ3v) is 7.26. The van der Waals surface area contributed by atoms with Crippen LogP contribution in [0.4, 0.5) is 0 Å². The van der Waals surface area contributed by atoms with Crippen molar-refractivity contribution in [1.82, 2.24) is 9.47 Å². The maximum Gasteiger partial charge on any atom is 0.283 e. The van der Waals surface area contributed by atoms with Gasteiger partial charge < -0.3 is 9.30 Å². The van der Waals surface area contributed by atoms with Crippen molar-refractivity contribution in [3.63, 3.8) is 0 Å². The Morgan fingerprint density at radius 3 is 2.77 bits per heavy atom. The van der Waals surface area contributed by atoms with Crippen molar-refractivity contribution in [2.45, 2.75) is 39.2 Å². The zero-order chi connectivity index (χ0) is 24.4.